The number of nitrogens with zero attached hydrogens (tertiary/aromatic N) is 2. The monoisotopic (exact) mass is 565 g/mol. The van der Waals surface area contributed by atoms with Gasteiger partial charge in [0.25, 0.3) is 0 Å². The summed E-state index contributed by atoms with van der Waals surface area (Å²) in [7, 11) is 3.10. The normalized spacial score (nSPS) is 20.1. The highest BCUT2D eigenvalue weighted by molar-refractivity contribution is 5.49. The van der Waals surface area contributed by atoms with Crippen molar-refractivity contribution in [1.29, 1.82) is 0 Å². The van der Waals surface area contributed by atoms with E-state index in [2.05, 4.69) is 4.98 Å². The van der Waals surface area contributed by atoms with E-state index in [1.165, 1.54) is 6.07 Å². The zero-order chi connectivity index (χ0) is 29.2. The molecule has 2 heterocycles. The van der Waals surface area contributed by atoms with Crippen LogP contribution in [0.2, 0.25) is 0 Å². The topological polar surface area (TPSA) is 118 Å². The molecule has 4 aromatic rings. The minimum atomic E-state index is -3.83. The van der Waals surface area contributed by atoms with Crippen LogP contribution in [0.25, 0.3) is 0 Å². The molecule has 0 spiro atoms. The first-order valence-corrected chi connectivity index (χ1v) is 12.7. The summed E-state index contributed by atoms with van der Waals surface area (Å²) >= 11 is 0. The second-order valence-electron chi connectivity index (χ2n) is 9.50. The fourth-order valence-electron chi connectivity index (χ4n) is 4.99. The highest BCUT2D eigenvalue weighted by Gasteiger charge is 2.60. The lowest BCUT2D eigenvalue weighted by atomic mass is 9.80. The van der Waals surface area contributed by atoms with Crippen LogP contribution in [0.5, 0.6) is 11.5 Å². The molecular formula is C30H29F2N3O6. The number of hydrogen-bond acceptors (Lipinski definition) is 8. The number of ether oxygens (including phenoxy) is 4. The molecule has 9 nitrogen and oxygen atoms in total. The van der Waals surface area contributed by atoms with E-state index >= 15 is 8.78 Å². The SMILES string of the molecule is COc1ccc(C(OC[C@H]2O[C@@H](n3ccc(N)nc3=O)C(F)(F)C2O)(c2ccccc2)c2ccc(OC)cc2)cc1. The molecule has 41 heavy (non-hydrogen) atoms. The molecule has 3 atom stereocenters. The Kier molecular flexibility index (Phi) is 7.76. The molecule has 1 fully saturated rings. The Labute approximate surface area is 234 Å². The molecule has 214 valence electrons. The molecule has 0 saturated carbocycles. The van der Waals surface area contributed by atoms with E-state index in [1.807, 2.05) is 54.6 Å². The number of rotatable bonds is 9. The van der Waals surface area contributed by atoms with Crippen LogP contribution < -0.4 is 20.9 Å². The summed E-state index contributed by atoms with van der Waals surface area (Å²) in [5, 5.41) is 10.7. The van der Waals surface area contributed by atoms with Crippen molar-refractivity contribution < 1.29 is 32.8 Å². The van der Waals surface area contributed by atoms with Gasteiger partial charge < -0.3 is 29.8 Å². The minimum Gasteiger partial charge on any atom is -0.497 e. The predicted molar refractivity (Wildman–Crippen MR) is 146 cm³/mol. The Morgan fingerprint density at radius 1 is 0.927 bits per heavy atom. The van der Waals surface area contributed by atoms with Crippen LogP contribution in [0, 0.1) is 0 Å². The van der Waals surface area contributed by atoms with E-state index in [-0.39, 0.29) is 5.82 Å². The number of halogens is 2. The summed E-state index contributed by atoms with van der Waals surface area (Å²) in [5.41, 5.74) is 5.20. The Balaban J connectivity index is 1.58. The van der Waals surface area contributed by atoms with Gasteiger partial charge in [-0.05, 0) is 47.0 Å². The fraction of sp³-hybridized carbons (Fsp3) is 0.267. The van der Waals surface area contributed by atoms with E-state index in [9.17, 15) is 9.90 Å². The number of aliphatic hydroxyl groups is 1. The summed E-state index contributed by atoms with van der Waals surface area (Å²) in [4.78, 5) is 15.8. The Morgan fingerprint density at radius 3 is 1.98 bits per heavy atom. The molecule has 1 aliphatic heterocycles. The van der Waals surface area contributed by atoms with Gasteiger partial charge in [-0.15, -0.1) is 0 Å². The quantitative estimate of drug-likeness (QED) is 0.295. The van der Waals surface area contributed by atoms with E-state index < -0.39 is 42.3 Å². The largest absolute Gasteiger partial charge is 0.497 e. The predicted octanol–water partition coefficient (Wildman–Crippen LogP) is 3.75. The van der Waals surface area contributed by atoms with Crippen LogP contribution >= 0.6 is 0 Å². The molecule has 1 unspecified atom stereocenters. The first-order chi connectivity index (χ1) is 19.7. The van der Waals surface area contributed by atoms with Gasteiger partial charge in [0, 0.05) is 6.20 Å². The summed E-state index contributed by atoms with van der Waals surface area (Å²) < 4.78 is 54.1. The van der Waals surface area contributed by atoms with E-state index in [0.717, 1.165) is 6.20 Å². The number of nitrogen functional groups attached to an aromatic ring is 1. The van der Waals surface area contributed by atoms with Crippen LogP contribution in [0.1, 0.15) is 22.9 Å². The van der Waals surface area contributed by atoms with Gasteiger partial charge in [0.1, 0.15) is 29.0 Å². The van der Waals surface area contributed by atoms with Crippen molar-refractivity contribution >= 4 is 5.82 Å². The lowest BCUT2D eigenvalue weighted by Gasteiger charge is -2.37. The van der Waals surface area contributed by atoms with Crippen LogP contribution in [0.4, 0.5) is 14.6 Å². The van der Waals surface area contributed by atoms with Crippen LogP contribution in [0.3, 0.4) is 0 Å². The number of hydrogen-bond donors (Lipinski definition) is 2. The zero-order valence-corrected chi connectivity index (χ0v) is 22.3. The molecular weight excluding hydrogens is 536 g/mol. The number of methoxy groups -OCH3 is 2. The Bertz CT molecular complexity index is 1480. The maximum Gasteiger partial charge on any atom is 0.351 e. The molecule has 1 aliphatic rings. The molecule has 0 amide bonds. The number of anilines is 1. The second kappa shape index (κ2) is 11.3. The Morgan fingerprint density at radius 2 is 1.46 bits per heavy atom. The van der Waals surface area contributed by atoms with Gasteiger partial charge >= 0.3 is 11.6 Å². The summed E-state index contributed by atoms with van der Waals surface area (Å²) in [6.07, 6.45) is -4.83. The molecule has 3 N–H and O–H groups in total. The van der Waals surface area contributed by atoms with Crippen molar-refractivity contribution in [2.24, 2.45) is 0 Å². The molecule has 3 aromatic carbocycles. The number of nitrogens with two attached hydrogens (primary N) is 1. The molecule has 0 aliphatic carbocycles. The zero-order valence-electron chi connectivity index (χ0n) is 22.3. The summed E-state index contributed by atoms with van der Waals surface area (Å²) in [5.74, 6) is -2.72. The molecule has 5 rings (SSSR count). The van der Waals surface area contributed by atoms with Crippen LogP contribution in [0.15, 0.2) is 95.9 Å². The lowest BCUT2D eigenvalue weighted by Crippen LogP contribution is -2.43. The summed E-state index contributed by atoms with van der Waals surface area (Å²) in [6, 6.07) is 24.8. The number of aliphatic hydroxyl groups excluding tert-OH is 1. The third kappa shape index (κ3) is 5.15. The van der Waals surface area contributed by atoms with Crippen molar-refractivity contribution in [2.75, 3.05) is 26.6 Å². The number of alkyl halides is 2. The van der Waals surface area contributed by atoms with Crippen molar-refractivity contribution in [1.82, 2.24) is 9.55 Å². The van der Waals surface area contributed by atoms with Crippen LogP contribution in [-0.4, -0.2) is 53.6 Å². The lowest BCUT2D eigenvalue weighted by molar-refractivity contribution is -0.141. The van der Waals surface area contributed by atoms with Gasteiger partial charge in [-0.3, -0.25) is 4.57 Å². The highest BCUT2D eigenvalue weighted by Crippen LogP contribution is 2.45. The van der Waals surface area contributed by atoms with E-state index in [4.69, 9.17) is 24.7 Å². The molecule has 11 heteroatoms. The number of aromatic nitrogens is 2. The second-order valence-corrected chi connectivity index (χ2v) is 9.50. The maximum absolute atomic E-state index is 15.3. The minimum absolute atomic E-state index is 0.125. The molecule has 1 saturated heterocycles. The Hall–Kier alpha value is -4.32. The van der Waals surface area contributed by atoms with Crippen molar-refractivity contribution in [3.63, 3.8) is 0 Å². The van der Waals surface area contributed by atoms with Gasteiger partial charge in [-0.1, -0.05) is 54.6 Å². The van der Waals surface area contributed by atoms with Gasteiger partial charge in [0.2, 0.25) is 6.23 Å². The van der Waals surface area contributed by atoms with E-state index in [1.54, 1.807) is 38.5 Å². The van der Waals surface area contributed by atoms with Gasteiger partial charge in [-0.2, -0.15) is 13.8 Å². The standard InChI is InChI=1S/C30H29F2N3O6/c1-38-22-12-8-20(9-13-22)29(19-6-4-3-5-7-19,21-10-14-23(39-2)15-11-21)40-18-24-26(36)30(31,32)27(41-24)35-17-16-25(33)34-28(35)37/h3-17,24,26-27,36H,18H2,1-2H3,(H2,33,34,37)/t24-,26?,27-/m1/s1. The van der Waals surface area contributed by atoms with Crippen molar-refractivity contribution in [3.05, 3.63) is 118 Å². The first-order valence-electron chi connectivity index (χ1n) is 12.7. The van der Waals surface area contributed by atoms with Crippen molar-refractivity contribution in [2.45, 2.75) is 30.0 Å². The van der Waals surface area contributed by atoms with Gasteiger partial charge in [0.05, 0.1) is 20.8 Å². The molecule has 0 radical (unpaired) electrons. The van der Waals surface area contributed by atoms with Gasteiger partial charge in [0.15, 0.2) is 6.10 Å². The molecule has 0 bridgehead atoms. The summed E-state index contributed by atoms with van der Waals surface area (Å²) in [6.45, 7) is -0.461. The fourth-order valence-corrected chi connectivity index (χ4v) is 4.99. The van der Waals surface area contributed by atoms with E-state index in [0.29, 0.717) is 32.8 Å². The average Bonchev–Trinajstić information content (AvgIpc) is 3.22. The van der Waals surface area contributed by atoms with Crippen molar-refractivity contribution in [3.8, 4) is 11.5 Å². The maximum atomic E-state index is 15.3. The smallest absolute Gasteiger partial charge is 0.351 e. The molecule has 1 aromatic heterocycles. The van der Waals surface area contributed by atoms with Gasteiger partial charge in [-0.25, -0.2) is 4.79 Å². The third-order valence-corrected chi connectivity index (χ3v) is 7.12. The highest BCUT2D eigenvalue weighted by atomic mass is 19.3. The number of benzene rings is 3. The van der Waals surface area contributed by atoms with Crippen LogP contribution in [-0.2, 0) is 15.1 Å². The average molecular weight is 566 g/mol. The first kappa shape index (κ1) is 28.2. The third-order valence-electron chi connectivity index (χ3n) is 7.12.